The van der Waals surface area contributed by atoms with Crippen molar-refractivity contribution in [3.8, 4) is 11.5 Å². The van der Waals surface area contributed by atoms with Crippen LogP contribution in [-0.2, 0) is 22.6 Å². The predicted molar refractivity (Wildman–Crippen MR) is 117 cm³/mol. The van der Waals surface area contributed by atoms with Crippen molar-refractivity contribution in [1.29, 1.82) is 0 Å². The Kier molecular flexibility index (Phi) is 5.03. The number of carbonyl (C=O) groups is 4. The molecule has 170 valence electrons. The van der Waals surface area contributed by atoms with Crippen molar-refractivity contribution >= 4 is 29.5 Å². The van der Waals surface area contributed by atoms with Gasteiger partial charge in [-0.3, -0.25) is 24.6 Å². The van der Waals surface area contributed by atoms with Crippen molar-refractivity contribution in [3.63, 3.8) is 0 Å². The van der Waals surface area contributed by atoms with Crippen LogP contribution in [0.2, 0.25) is 0 Å². The van der Waals surface area contributed by atoms with Crippen LogP contribution >= 0.6 is 0 Å². The van der Waals surface area contributed by atoms with Gasteiger partial charge in [0, 0.05) is 32.0 Å². The second-order valence-corrected chi connectivity index (χ2v) is 8.52. The number of benzene rings is 2. The molecular formula is C24H23N3O6. The van der Waals surface area contributed by atoms with E-state index in [2.05, 4.69) is 5.32 Å². The number of anilines is 1. The minimum atomic E-state index is -0.692. The number of fused-ring (bicyclic) bond motifs is 2. The van der Waals surface area contributed by atoms with Gasteiger partial charge in [0.15, 0.2) is 0 Å². The first kappa shape index (κ1) is 21.0. The van der Waals surface area contributed by atoms with E-state index in [0.717, 1.165) is 23.1 Å². The third kappa shape index (κ3) is 3.69. The van der Waals surface area contributed by atoms with E-state index in [4.69, 9.17) is 9.47 Å². The molecule has 0 aliphatic carbocycles. The highest BCUT2D eigenvalue weighted by Crippen LogP contribution is 2.37. The molecule has 9 heteroatoms. The molecule has 9 nitrogen and oxygen atoms in total. The zero-order valence-electron chi connectivity index (χ0n) is 18.3. The summed E-state index contributed by atoms with van der Waals surface area (Å²) in [5, 5.41) is 2.28. The summed E-state index contributed by atoms with van der Waals surface area (Å²) in [5.41, 5.74) is 3.83. The molecule has 3 heterocycles. The van der Waals surface area contributed by atoms with Crippen LogP contribution in [0, 0.1) is 6.92 Å². The lowest BCUT2D eigenvalue weighted by Gasteiger charge is -2.29. The van der Waals surface area contributed by atoms with Gasteiger partial charge in [-0.05, 0) is 48.2 Å². The van der Waals surface area contributed by atoms with E-state index < -0.39 is 18.0 Å². The fraction of sp³-hybridized carbons (Fsp3) is 0.333. The minimum absolute atomic E-state index is 0.193. The average Bonchev–Trinajstić information content (AvgIpc) is 3.37. The van der Waals surface area contributed by atoms with Crippen molar-refractivity contribution < 1.29 is 28.7 Å². The van der Waals surface area contributed by atoms with Gasteiger partial charge >= 0.3 is 6.09 Å². The van der Waals surface area contributed by atoms with Crippen molar-refractivity contribution in [2.45, 2.75) is 38.8 Å². The highest BCUT2D eigenvalue weighted by molar-refractivity contribution is 6.05. The maximum absolute atomic E-state index is 13.0. The van der Waals surface area contributed by atoms with E-state index in [-0.39, 0.29) is 30.5 Å². The van der Waals surface area contributed by atoms with Gasteiger partial charge in [0.05, 0.1) is 12.3 Å². The Bertz CT molecular complexity index is 1210. The largest absolute Gasteiger partial charge is 0.491 e. The minimum Gasteiger partial charge on any atom is -0.491 e. The summed E-state index contributed by atoms with van der Waals surface area (Å²) in [7, 11) is 1.61. The maximum atomic E-state index is 13.0. The number of nitrogens with one attached hydrogen (secondary N) is 1. The summed E-state index contributed by atoms with van der Waals surface area (Å²) in [6, 6.07) is 8.09. The van der Waals surface area contributed by atoms with Gasteiger partial charge in [0.2, 0.25) is 11.8 Å². The zero-order chi connectivity index (χ0) is 23.3. The van der Waals surface area contributed by atoms with Gasteiger partial charge < -0.3 is 14.4 Å². The van der Waals surface area contributed by atoms with Gasteiger partial charge in [-0.1, -0.05) is 12.1 Å². The molecule has 4 amide bonds. The Balaban J connectivity index is 1.33. The molecule has 0 saturated carbocycles. The van der Waals surface area contributed by atoms with E-state index in [1.807, 2.05) is 19.1 Å². The highest BCUT2D eigenvalue weighted by Gasteiger charge is 2.39. The Morgan fingerprint density at radius 1 is 1.15 bits per heavy atom. The first-order valence-electron chi connectivity index (χ1n) is 10.8. The van der Waals surface area contributed by atoms with Crippen LogP contribution in [0.25, 0.3) is 0 Å². The third-order valence-corrected chi connectivity index (χ3v) is 6.25. The van der Waals surface area contributed by atoms with Crippen LogP contribution in [0.15, 0.2) is 30.3 Å². The normalized spacial score (nSPS) is 19.0. The molecule has 2 aromatic carbocycles. The molecule has 3 aliphatic rings. The number of hydrogen-bond acceptors (Lipinski definition) is 6. The molecule has 1 N–H and O–H groups in total. The number of rotatable bonds is 3. The molecule has 3 aliphatic heterocycles. The lowest BCUT2D eigenvalue weighted by molar-refractivity contribution is -0.136. The quantitative estimate of drug-likeness (QED) is 0.721. The molecule has 0 spiro atoms. The average molecular weight is 449 g/mol. The monoisotopic (exact) mass is 449 g/mol. The molecule has 1 atom stereocenters. The van der Waals surface area contributed by atoms with Gasteiger partial charge in [-0.2, -0.15) is 0 Å². The van der Waals surface area contributed by atoms with Gasteiger partial charge in [0.1, 0.15) is 17.5 Å². The van der Waals surface area contributed by atoms with Crippen LogP contribution in [0.4, 0.5) is 10.5 Å². The van der Waals surface area contributed by atoms with Crippen molar-refractivity contribution in [3.05, 3.63) is 52.6 Å². The molecule has 33 heavy (non-hydrogen) atoms. The maximum Gasteiger partial charge on any atom is 0.419 e. The molecule has 1 unspecified atom stereocenters. The topological polar surface area (TPSA) is 105 Å². The Hall–Kier alpha value is -3.88. The molecule has 0 bridgehead atoms. The molecule has 2 aromatic rings. The van der Waals surface area contributed by atoms with E-state index in [1.165, 1.54) is 15.9 Å². The Morgan fingerprint density at radius 2 is 1.97 bits per heavy atom. The van der Waals surface area contributed by atoms with Gasteiger partial charge in [-0.15, -0.1) is 0 Å². The first-order chi connectivity index (χ1) is 15.8. The number of carbonyl (C=O) groups excluding carboxylic acids is 4. The Labute approximate surface area is 190 Å². The second kappa shape index (κ2) is 7.91. The lowest BCUT2D eigenvalue weighted by Crippen LogP contribution is -2.52. The molecule has 1 fully saturated rings. The smallest absolute Gasteiger partial charge is 0.419 e. The Morgan fingerprint density at radius 3 is 2.76 bits per heavy atom. The molecular weight excluding hydrogens is 426 g/mol. The summed E-state index contributed by atoms with van der Waals surface area (Å²) in [4.78, 5) is 52.3. The van der Waals surface area contributed by atoms with Crippen LogP contribution in [0.1, 0.15) is 39.9 Å². The van der Waals surface area contributed by atoms with E-state index >= 15 is 0 Å². The number of amides is 4. The van der Waals surface area contributed by atoms with E-state index in [1.54, 1.807) is 19.2 Å². The lowest BCUT2D eigenvalue weighted by atomic mass is 10.0. The van der Waals surface area contributed by atoms with Crippen LogP contribution in [0.5, 0.6) is 11.5 Å². The van der Waals surface area contributed by atoms with E-state index in [0.29, 0.717) is 30.0 Å². The summed E-state index contributed by atoms with van der Waals surface area (Å²) in [5.74, 6) is -0.203. The van der Waals surface area contributed by atoms with Crippen LogP contribution < -0.4 is 19.7 Å². The second-order valence-electron chi connectivity index (χ2n) is 8.52. The van der Waals surface area contributed by atoms with Crippen molar-refractivity contribution in [2.75, 3.05) is 18.6 Å². The number of imide groups is 1. The van der Waals surface area contributed by atoms with Gasteiger partial charge in [0.25, 0.3) is 5.91 Å². The highest BCUT2D eigenvalue weighted by atomic mass is 16.6. The number of piperidine rings is 1. The molecule has 0 radical (unpaired) electrons. The molecule has 5 rings (SSSR count). The van der Waals surface area contributed by atoms with Gasteiger partial charge in [-0.25, -0.2) is 4.79 Å². The fourth-order valence-electron chi connectivity index (χ4n) is 4.56. The standard InChI is InChI=1S/C24H23N3O6/c1-13-9-14-7-8-32-21(14)19(10-13)26(2)24(31)33-16-4-3-15-12-27(23(30)17(15)11-16)18-5-6-20(28)25-22(18)29/h3-4,9-11,18H,5-8,12H2,1-2H3,(H,25,28,29). The molecule has 1 saturated heterocycles. The van der Waals surface area contributed by atoms with Crippen molar-refractivity contribution in [2.24, 2.45) is 0 Å². The predicted octanol–water partition coefficient (Wildman–Crippen LogP) is 2.33. The zero-order valence-corrected chi connectivity index (χ0v) is 18.3. The van der Waals surface area contributed by atoms with Crippen LogP contribution in [0.3, 0.4) is 0 Å². The van der Waals surface area contributed by atoms with Crippen LogP contribution in [-0.4, -0.2) is 48.4 Å². The first-order valence-corrected chi connectivity index (χ1v) is 10.8. The molecule has 0 aromatic heterocycles. The number of hydrogen-bond donors (Lipinski definition) is 1. The number of ether oxygens (including phenoxy) is 2. The summed E-state index contributed by atoms with van der Waals surface area (Å²) < 4.78 is 11.3. The number of nitrogens with zero attached hydrogens (tertiary/aromatic N) is 2. The summed E-state index contributed by atoms with van der Waals surface area (Å²) >= 11 is 0. The van der Waals surface area contributed by atoms with E-state index in [9.17, 15) is 19.2 Å². The number of aryl methyl sites for hydroxylation is 1. The third-order valence-electron chi connectivity index (χ3n) is 6.25. The fourth-order valence-corrected chi connectivity index (χ4v) is 4.56. The van der Waals surface area contributed by atoms with Crippen molar-refractivity contribution in [1.82, 2.24) is 10.2 Å². The SMILES string of the molecule is Cc1cc2c(c(N(C)C(=O)Oc3ccc4c(c3)C(=O)N(C3CCC(=O)NC3=O)C4)c1)OCC2. The summed E-state index contributed by atoms with van der Waals surface area (Å²) in [6.45, 7) is 2.80. The summed E-state index contributed by atoms with van der Waals surface area (Å²) in [6.07, 6.45) is 0.673.